The molecule has 1 heterocycles. The summed E-state index contributed by atoms with van der Waals surface area (Å²) in [7, 11) is 0. The molecule has 150 valence electrons. The quantitative estimate of drug-likeness (QED) is 0.524. The SMILES string of the molecule is O=C(Nc1ccc(NC(=O)c2csnn2)cc1)Nc1ccc(Cl)c(C(F)(F)F)c1. The zero-order valence-electron chi connectivity index (χ0n) is 14.2. The van der Waals surface area contributed by atoms with E-state index in [0.717, 1.165) is 23.7 Å². The van der Waals surface area contributed by atoms with Crippen LogP contribution in [0.3, 0.4) is 0 Å². The largest absolute Gasteiger partial charge is 0.417 e. The van der Waals surface area contributed by atoms with Crippen LogP contribution in [0.1, 0.15) is 16.1 Å². The average Bonchev–Trinajstić information content (AvgIpc) is 3.19. The Morgan fingerprint density at radius 1 is 0.931 bits per heavy atom. The average molecular weight is 442 g/mol. The Morgan fingerprint density at radius 2 is 1.52 bits per heavy atom. The third-order valence-electron chi connectivity index (χ3n) is 3.52. The number of alkyl halides is 3. The first-order valence-electron chi connectivity index (χ1n) is 7.85. The Morgan fingerprint density at radius 3 is 2.10 bits per heavy atom. The second kappa shape index (κ2) is 8.45. The van der Waals surface area contributed by atoms with Crippen molar-refractivity contribution in [3.8, 4) is 0 Å². The molecule has 3 amide bonds. The fourth-order valence-corrected chi connectivity index (χ4v) is 2.87. The highest BCUT2D eigenvalue weighted by Crippen LogP contribution is 2.36. The summed E-state index contributed by atoms with van der Waals surface area (Å²) in [6, 6.07) is 8.40. The molecular weight excluding hydrogens is 431 g/mol. The number of urea groups is 1. The molecule has 3 N–H and O–H groups in total. The number of amides is 3. The number of nitrogens with zero attached hydrogens (tertiary/aromatic N) is 2. The number of rotatable bonds is 4. The van der Waals surface area contributed by atoms with Crippen LogP contribution in [0.25, 0.3) is 0 Å². The maximum atomic E-state index is 12.9. The summed E-state index contributed by atoms with van der Waals surface area (Å²) in [6.45, 7) is 0. The molecule has 0 bridgehead atoms. The summed E-state index contributed by atoms with van der Waals surface area (Å²) in [6.07, 6.45) is -4.64. The minimum Gasteiger partial charge on any atom is -0.321 e. The summed E-state index contributed by atoms with van der Waals surface area (Å²) < 4.78 is 42.2. The Balaban J connectivity index is 1.60. The van der Waals surface area contributed by atoms with Crippen LogP contribution in [0.15, 0.2) is 47.8 Å². The molecule has 1 aromatic heterocycles. The van der Waals surface area contributed by atoms with Gasteiger partial charge in [0.05, 0.1) is 10.6 Å². The molecule has 2 aromatic carbocycles. The van der Waals surface area contributed by atoms with Gasteiger partial charge in [-0.15, -0.1) is 5.10 Å². The third-order valence-corrected chi connectivity index (χ3v) is 4.36. The van der Waals surface area contributed by atoms with Gasteiger partial charge in [0.2, 0.25) is 0 Å². The van der Waals surface area contributed by atoms with Gasteiger partial charge in [-0.25, -0.2) is 4.79 Å². The van der Waals surface area contributed by atoms with Crippen molar-refractivity contribution in [2.75, 3.05) is 16.0 Å². The highest BCUT2D eigenvalue weighted by Gasteiger charge is 2.33. The number of hydrogen-bond donors (Lipinski definition) is 3. The highest BCUT2D eigenvalue weighted by atomic mass is 35.5. The standard InChI is InChI=1S/C17H11ClF3N5O2S/c18-13-6-5-11(7-12(13)17(19,20)21)24-16(28)23-10-3-1-9(2-4-10)22-15(27)14-8-29-26-25-14/h1-8H,(H,22,27)(H2,23,24,28). The minimum atomic E-state index is -4.64. The molecule has 0 aliphatic rings. The number of nitrogens with one attached hydrogen (secondary N) is 3. The van der Waals surface area contributed by atoms with Crippen molar-refractivity contribution in [1.29, 1.82) is 0 Å². The molecule has 0 fully saturated rings. The molecule has 0 radical (unpaired) electrons. The van der Waals surface area contributed by atoms with Crippen molar-refractivity contribution in [3.63, 3.8) is 0 Å². The number of hydrogen-bond acceptors (Lipinski definition) is 5. The smallest absolute Gasteiger partial charge is 0.321 e. The first-order valence-corrected chi connectivity index (χ1v) is 9.07. The Hall–Kier alpha value is -3.18. The first-order chi connectivity index (χ1) is 13.7. The topological polar surface area (TPSA) is 96.0 Å². The summed E-state index contributed by atoms with van der Waals surface area (Å²) in [4.78, 5) is 23.9. The zero-order chi connectivity index (χ0) is 21.0. The second-order valence-electron chi connectivity index (χ2n) is 5.59. The van der Waals surface area contributed by atoms with E-state index in [1.54, 1.807) is 0 Å². The van der Waals surface area contributed by atoms with E-state index in [9.17, 15) is 22.8 Å². The molecule has 3 rings (SSSR count). The lowest BCUT2D eigenvalue weighted by molar-refractivity contribution is -0.137. The van der Waals surface area contributed by atoms with Gasteiger partial charge >= 0.3 is 12.2 Å². The molecule has 3 aromatic rings. The van der Waals surface area contributed by atoms with Gasteiger partial charge in [-0.1, -0.05) is 16.1 Å². The van der Waals surface area contributed by atoms with E-state index in [-0.39, 0.29) is 11.4 Å². The first kappa shape index (κ1) is 20.6. The molecule has 0 unspecified atom stereocenters. The maximum absolute atomic E-state index is 12.9. The van der Waals surface area contributed by atoms with Gasteiger partial charge in [0.25, 0.3) is 5.91 Å². The van der Waals surface area contributed by atoms with Crippen LogP contribution < -0.4 is 16.0 Å². The van der Waals surface area contributed by atoms with Crippen LogP contribution in [-0.2, 0) is 6.18 Å². The lowest BCUT2D eigenvalue weighted by Crippen LogP contribution is -2.20. The second-order valence-corrected chi connectivity index (χ2v) is 6.61. The monoisotopic (exact) mass is 441 g/mol. The lowest BCUT2D eigenvalue weighted by atomic mass is 10.2. The molecule has 0 saturated carbocycles. The van der Waals surface area contributed by atoms with E-state index >= 15 is 0 Å². The fourth-order valence-electron chi connectivity index (χ4n) is 2.21. The molecular formula is C17H11ClF3N5O2S. The number of benzene rings is 2. The van der Waals surface area contributed by atoms with Gasteiger partial charge in [-0.2, -0.15) is 13.2 Å². The van der Waals surface area contributed by atoms with Crippen molar-refractivity contribution in [2.24, 2.45) is 0 Å². The van der Waals surface area contributed by atoms with Crippen molar-refractivity contribution in [2.45, 2.75) is 6.18 Å². The van der Waals surface area contributed by atoms with E-state index in [4.69, 9.17) is 11.6 Å². The van der Waals surface area contributed by atoms with Gasteiger partial charge in [0, 0.05) is 22.4 Å². The van der Waals surface area contributed by atoms with Crippen LogP contribution in [0.4, 0.5) is 35.0 Å². The van der Waals surface area contributed by atoms with E-state index in [0.29, 0.717) is 11.4 Å². The molecule has 0 spiro atoms. The number of carbonyl (C=O) groups is 2. The fraction of sp³-hybridized carbons (Fsp3) is 0.0588. The minimum absolute atomic E-state index is 0.0695. The molecule has 7 nitrogen and oxygen atoms in total. The van der Waals surface area contributed by atoms with Crippen LogP contribution in [0.2, 0.25) is 5.02 Å². The normalized spacial score (nSPS) is 11.0. The number of carbonyl (C=O) groups excluding carboxylic acids is 2. The molecule has 0 atom stereocenters. The van der Waals surface area contributed by atoms with E-state index in [1.807, 2.05) is 0 Å². The lowest BCUT2D eigenvalue weighted by Gasteiger charge is -2.12. The van der Waals surface area contributed by atoms with Crippen molar-refractivity contribution in [3.05, 3.63) is 64.1 Å². The summed E-state index contributed by atoms with van der Waals surface area (Å²) in [5.41, 5.74) is -0.118. The predicted octanol–water partition coefficient (Wildman–Crippen LogP) is 5.11. The van der Waals surface area contributed by atoms with E-state index in [2.05, 4.69) is 25.5 Å². The van der Waals surface area contributed by atoms with Crippen LogP contribution in [0.5, 0.6) is 0 Å². The number of halogens is 4. The van der Waals surface area contributed by atoms with Crippen LogP contribution >= 0.6 is 23.1 Å². The zero-order valence-corrected chi connectivity index (χ0v) is 15.8. The molecule has 29 heavy (non-hydrogen) atoms. The highest BCUT2D eigenvalue weighted by molar-refractivity contribution is 7.03. The Bertz CT molecular complexity index is 1030. The van der Waals surface area contributed by atoms with Crippen molar-refractivity contribution in [1.82, 2.24) is 9.59 Å². The molecule has 0 aliphatic heterocycles. The molecule has 0 aliphatic carbocycles. The van der Waals surface area contributed by atoms with Crippen LogP contribution in [-0.4, -0.2) is 21.5 Å². The summed E-state index contributed by atoms with van der Waals surface area (Å²) in [5, 5.41) is 12.1. The van der Waals surface area contributed by atoms with Gasteiger partial charge in [0.1, 0.15) is 0 Å². The molecule has 12 heteroatoms. The predicted molar refractivity (Wildman–Crippen MR) is 103 cm³/mol. The maximum Gasteiger partial charge on any atom is 0.417 e. The van der Waals surface area contributed by atoms with Gasteiger partial charge in [0.15, 0.2) is 5.69 Å². The van der Waals surface area contributed by atoms with Crippen molar-refractivity contribution >= 4 is 52.1 Å². The Labute approximate surface area is 171 Å². The number of anilines is 3. The summed E-state index contributed by atoms with van der Waals surface area (Å²) >= 11 is 6.59. The van der Waals surface area contributed by atoms with Gasteiger partial charge < -0.3 is 16.0 Å². The van der Waals surface area contributed by atoms with Gasteiger partial charge in [-0.05, 0) is 54.0 Å². The summed E-state index contributed by atoms with van der Waals surface area (Å²) in [5.74, 6) is -0.430. The van der Waals surface area contributed by atoms with E-state index in [1.165, 1.54) is 35.7 Å². The third kappa shape index (κ3) is 5.42. The van der Waals surface area contributed by atoms with Crippen LogP contribution in [0, 0.1) is 0 Å². The van der Waals surface area contributed by atoms with Gasteiger partial charge in [-0.3, -0.25) is 4.79 Å². The van der Waals surface area contributed by atoms with E-state index < -0.39 is 28.7 Å². The van der Waals surface area contributed by atoms with Crippen molar-refractivity contribution < 1.29 is 22.8 Å². The number of aromatic nitrogens is 2. The molecule has 0 saturated heterocycles. The Kier molecular flexibility index (Phi) is 5.99.